The third kappa shape index (κ3) is 27.3. The second kappa shape index (κ2) is 38.7. The lowest BCUT2D eigenvalue weighted by molar-refractivity contribution is -0.157. The van der Waals surface area contributed by atoms with Crippen molar-refractivity contribution in [3.63, 3.8) is 0 Å². The minimum Gasteiger partial charge on any atom is -0.488 e. The van der Waals surface area contributed by atoms with Gasteiger partial charge in [-0.15, -0.1) is 0 Å². The number of carbonyl (C=O) groups excluding carboxylic acids is 2. The fourth-order valence-corrected chi connectivity index (χ4v) is 19.0. The molecule has 0 spiro atoms. The van der Waals surface area contributed by atoms with Crippen molar-refractivity contribution in [1.29, 1.82) is 0 Å². The summed E-state index contributed by atoms with van der Waals surface area (Å²) < 4.78 is 39.3. The zero-order chi connectivity index (χ0) is 77.3. The Hall–Kier alpha value is -10.0. The highest BCUT2D eigenvalue weighted by Gasteiger charge is 2.33. The van der Waals surface area contributed by atoms with Crippen molar-refractivity contribution in [3.05, 3.63) is 334 Å². The number of hydrogen-bond donors (Lipinski definition) is 0. The van der Waals surface area contributed by atoms with Gasteiger partial charge in [0.1, 0.15) is 56.8 Å². The van der Waals surface area contributed by atoms with Crippen LogP contribution in [0.5, 0.6) is 28.7 Å². The third-order valence-corrected chi connectivity index (χ3v) is 23.7. The van der Waals surface area contributed by atoms with E-state index >= 15 is 0 Å². The van der Waals surface area contributed by atoms with Crippen LogP contribution in [0.25, 0.3) is 0 Å². The first-order valence-corrected chi connectivity index (χ1v) is 41.0. The summed E-state index contributed by atoms with van der Waals surface area (Å²) in [6, 6.07) is 115. The van der Waals surface area contributed by atoms with Gasteiger partial charge in [-0.3, -0.25) is 0 Å². The molecular weight excluding hydrogens is 1410 g/mol. The van der Waals surface area contributed by atoms with Gasteiger partial charge in [-0.25, -0.2) is 9.59 Å². The van der Waals surface area contributed by atoms with Crippen LogP contribution in [0.15, 0.2) is 392 Å². The van der Waals surface area contributed by atoms with Gasteiger partial charge in [0, 0.05) is 0 Å². The predicted molar refractivity (Wildman–Crippen MR) is 445 cm³/mol. The van der Waals surface area contributed by atoms with E-state index in [0.717, 1.165) is 22.1 Å². The highest BCUT2D eigenvalue weighted by Crippen LogP contribution is 2.38. The molecule has 0 aliphatic heterocycles. The van der Waals surface area contributed by atoms with E-state index in [1.807, 2.05) is 102 Å². The van der Waals surface area contributed by atoms with Crippen LogP contribution >= 0.6 is 0 Å². The van der Waals surface area contributed by atoms with Gasteiger partial charge < -0.3 is 33.2 Å². The smallest absolute Gasteiger partial charge is 0.488 e. The second-order valence-corrected chi connectivity index (χ2v) is 38.0. The fraction of sp³-hybridized carbons (Fsp3) is 0.221. The number of carbonyl (C=O) groups is 2. The fourth-order valence-electron chi connectivity index (χ4n) is 10.7. The lowest BCUT2D eigenvalue weighted by Gasteiger charge is -2.21. The Bertz CT molecular complexity index is 4440. The normalized spacial score (nSPS) is 11.5. The van der Waals surface area contributed by atoms with Crippen molar-refractivity contribution in [2.24, 2.45) is 0 Å². The molecule has 0 amide bonds. The number of hydrogen-bond acceptors (Lipinski definition) is 9. The Labute approximate surface area is 653 Å². The number of ether oxygens (including phenoxy) is 7. The van der Waals surface area contributed by atoms with Gasteiger partial charge in [0.05, 0.1) is 43.6 Å². The average molecular weight is 1520 g/mol. The van der Waals surface area contributed by atoms with Gasteiger partial charge in [-0.05, 0) is 310 Å². The Morgan fingerprint density at radius 1 is 0.222 bits per heavy atom. The Balaban J connectivity index is 0.000000166. The zero-order valence-corrected chi connectivity index (χ0v) is 68.0. The molecule has 0 aliphatic carbocycles. The van der Waals surface area contributed by atoms with E-state index in [0.29, 0.717) is 11.5 Å². The molecule has 0 radical (unpaired) electrons. The SMILES string of the molecule is CC(C)(C)OC(=O)COc1ccc([S+](c2ccccc2)c2ccccc2)cc1.CC(C)(C)OC(=O)Oc1ccc([S+](c2ccccc2)c2ccccc2)cc1.CC(C)(C)Oc1ccc([S+](c2ccccc2)c2ccc(OC(C)(C)C)cc2)cc1.CC(C)(C)Oc1ccc([S+](c2ccccc2)c2ccccc2)cc1. The minimum atomic E-state index is -0.694. The van der Waals surface area contributed by atoms with Gasteiger partial charge in [0.15, 0.2) is 65.4 Å². The minimum absolute atomic E-state index is 0.0975. The summed E-state index contributed by atoms with van der Waals surface area (Å²) in [6.07, 6.45) is -0.694. The maximum atomic E-state index is 11.8. The predicted octanol–water partition coefficient (Wildman–Crippen LogP) is 24.7. The van der Waals surface area contributed by atoms with E-state index in [-0.39, 0.29) is 73.0 Å². The molecule has 0 aliphatic rings. The first-order chi connectivity index (χ1) is 51.5. The maximum absolute atomic E-state index is 11.8. The molecule has 0 heterocycles. The maximum Gasteiger partial charge on any atom is 0.514 e. The molecule has 0 saturated heterocycles. The number of esters is 1. The Morgan fingerprint density at radius 3 is 0.602 bits per heavy atom. The Kier molecular flexibility index (Phi) is 29.4. The first kappa shape index (κ1) is 82.0. The summed E-state index contributed by atoms with van der Waals surface area (Å²) in [5, 5.41) is 0. The summed E-state index contributed by atoms with van der Waals surface area (Å²) in [5.41, 5.74) is -1.67. The number of benzene rings is 12. The van der Waals surface area contributed by atoms with Gasteiger partial charge in [-0.2, -0.15) is 0 Å². The summed E-state index contributed by atoms with van der Waals surface area (Å²) in [7, 11) is -0.710. The summed E-state index contributed by atoms with van der Waals surface area (Å²) >= 11 is 0. The first-order valence-electron chi connectivity index (χ1n) is 36.1. The van der Waals surface area contributed by atoms with Crippen molar-refractivity contribution in [2.45, 2.75) is 191 Å². The molecule has 12 rings (SSSR count). The van der Waals surface area contributed by atoms with Crippen molar-refractivity contribution < 1.29 is 42.7 Å². The average Bonchev–Trinajstić information content (AvgIpc) is 0.834. The van der Waals surface area contributed by atoms with Crippen molar-refractivity contribution in [2.75, 3.05) is 6.61 Å². The van der Waals surface area contributed by atoms with E-state index in [2.05, 4.69) is 335 Å². The quantitative estimate of drug-likeness (QED) is 0.0445. The Morgan fingerprint density at radius 2 is 0.407 bits per heavy atom. The topological polar surface area (TPSA) is 98.8 Å². The molecule has 12 aromatic rings. The van der Waals surface area contributed by atoms with E-state index in [1.54, 1.807) is 0 Å². The van der Waals surface area contributed by atoms with Crippen molar-refractivity contribution in [1.82, 2.24) is 0 Å². The molecule has 556 valence electrons. The highest BCUT2D eigenvalue weighted by molar-refractivity contribution is 7.98. The molecule has 9 nitrogen and oxygen atoms in total. The van der Waals surface area contributed by atoms with Gasteiger partial charge >= 0.3 is 12.1 Å². The van der Waals surface area contributed by atoms with Crippen molar-refractivity contribution in [3.8, 4) is 28.7 Å². The van der Waals surface area contributed by atoms with Crippen LogP contribution in [0.2, 0.25) is 0 Å². The van der Waals surface area contributed by atoms with Crippen LogP contribution in [-0.2, 0) is 57.8 Å². The van der Waals surface area contributed by atoms with Gasteiger partial charge in [-0.1, -0.05) is 127 Å². The van der Waals surface area contributed by atoms with E-state index in [4.69, 9.17) is 33.2 Å². The molecule has 0 saturated carbocycles. The third-order valence-electron chi connectivity index (χ3n) is 14.8. The molecular formula is C95H102O9S4+4. The lowest BCUT2D eigenvalue weighted by Crippen LogP contribution is -2.27. The largest absolute Gasteiger partial charge is 0.514 e. The molecule has 0 N–H and O–H groups in total. The number of rotatable bonds is 19. The van der Waals surface area contributed by atoms with Crippen LogP contribution in [0.1, 0.15) is 104 Å². The second-order valence-electron chi connectivity index (χ2n) is 29.9. The van der Waals surface area contributed by atoms with E-state index in [1.165, 1.54) is 53.9 Å². The van der Waals surface area contributed by atoms with Gasteiger partial charge in [0.25, 0.3) is 0 Å². The van der Waals surface area contributed by atoms with Crippen LogP contribution in [0.3, 0.4) is 0 Å². The van der Waals surface area contributed by atoms with E-state index in [9.17, 15) is 9.59 Å². The zero-order valence-electron chi connectivity index (χ0n) is 64.8. The summed E-state index contributed by atoms with van der Waals surface area (Å²) in [5.74, 6) is 3.45. The molecule has 0 bridgehead atoms. The monoisotopic (exact) mass is 1510 g/mol. The van der Waals surface area contributed by atoms with E-state index < -0.39 is 17.4 Å². The molecule has 0 unspecified atom stereocenters. The molecule has 108 heavy (non-hydrogen) atoms. The summed E-state index contributed by atoms with van der Waals surface area (Å²) in [4.78, 5) is 38.8. The van der Waals surface area contributed by atoms with Crippen LogP contribution in [0, 0.1) is 0 Å². The molecule has 0 fully saturated rings. The van der Waals surface area contributed by atoms with Crippen LogP contribution in [-0.4, -0.2) is 46.7 Å². The molecule has 13 heteroatoms. The standard InChI is InChI=1S/C26H31O2S.C24H25O3S.C23H23O3S.C22H23OS/c1-25(2,3)27-20-12-16-23(17-13-20)29(22-10-8-7-9-11-22)24-18-14-21(15-19-24)28-26(4,5)6;1-24(2,3)27-23(25)18-26-19-14-16-22(17-15-19)28(20-10-6-4-7-11-20)21-12-8-5-9-13-21;1-23(2,3)26-22(24)25-18-14-16-21(17-15-18)27(19-10-6-4-7-11-19)20-12-8-5-9-13-20;1-22(2,3)23-18-14-16-21(17-15-18)24(19-10-6-4-7-11-19)20-12-8-5-9-13-20/h7-19H,1-6H3;4-17H,18H2,1-3H3;4-17H,1-3H3;4-17H,1-3H3/q4*+1. The summed E-state index contributed by atoms with van der Waals surface area (Å²) in [6.45, 7) is 29.5. The highest BCUT2D eigenvalue weighted by atomic mass is 32.2. The van der Waals surface area contributed by atoms with Crippen LogP contribution in [0.4, 0.5) is 4.79 Å². The van der Waals surface area contributed by atoms with Gasteiger partial charge in [0.2, 0.25) is 0 Å². The van der Waals surface area contributed by atoms with Crippen LogP contribution < -0.4 is 23.7 Å². The lowest BCUT2D eigenvalue weighted by atomic mass is 10.2. The van der Waals surface area contributed by atoms with Crippen molar-refractivity contribution >= 4 is 55.7 Å². The molecule has 0 aromatic heterocycles. The molecule has 0 atom stereocenters. The molecule has 12 aromatic carbocycles.